The van der Waals surface area contributed by atoms with Crippen LogP contribution in [0.25, 0.3) is 0 Å². The molecule has 1 heterocycles. The number of fused-ring (bicyclic) bond motifs is 1. The van der Waals surface area contributed by atoms with Crippen molar-refractivity contribution in [3.05, 3.63) is 41.6 Å². The average Bonchev–Trinajstić information content (AvgIpc) is 2.53. The fourth-order valence-electron chi connectivity index (χ4n) is 2.94. The summed E-state index contributed by atoms with van der Waals surface area (Å²) < 4.78 is 0. The third-order valence-electron chi connectivity index (χ3n) is 4.19. The SMILES string of the molecule is CCN(/C=C(/C#N)C(=O)N1CCCc2ccccc21)C(C)(C)C. The van der Waals surface area contributed by atoms with Gasteiger partial charge in [-0.1, -0.05) is 18.2 Å². The zero-order chi connectivity index (χ0) is 17.0. The van der Waals surface area contributed by atoms with Gasteiger partial charge in [-0.3, -0.25) is 4.79 Å². The van der Waals surface area contributed by atoms with Crippen molar-refractivity contribution in [1.29, 1.82) is 5.26 Å². The van der Waals surface area contributed by atoms with Crippen molar-refractivity contribution in [2.45, 2.75) is 46.1 Å². The number of carbonyl (C=O) groups excluding carboxylic acids is 1. The highest BCUT2D eigenvalue weighted by molar-refractivity contribution is 6.08. The number of aryl methyl sites for hydroxylation is 1. The minimum atomic E-state index is -0.206. The van der Waals surface area contributed by atoms with Crippen LogP contribution in [0.4, 0.5) is 5.69 Å². The first-order chi connectivity index (χ1) is 10.9. The normalized spacial score (nSPS) is 14.9. The summed E-state index contributed by atoms with van der Waals surface area (Å²) in [5.74, 6) is -0.206. The van der Waals surface area contributed by atoms with E-state index in [0.29, 0.717) is 6.54 Å². The van der Waals surface area contributed by atoms with Crippen LogP contribution in [0.1, 0.15) is 39.7 Å². The van der Waals surface area contributed by atoms with Gasteiger partial charge >= 0.3 is 0 Å². The van der Waals surface area contributed by atoms with Crippen molar-refractivity contribution in [2.75, 3.05) is 18.0 Å². The van der Waals surface area contributed by atoms with Gasteiger partial charge in [-0.25, -0.2) is 0 Å². The monoisotopic (exact) mass is 311 g/mol. The number of carbonyl (C=O) groups is 1. The molecular formula is C19H25N3O. The predicted octanol–water partition coefficient (Wildman–Crippen LogP) is 3.49. The molecular weight excluding hydrogens is 286 g/mol. The minimum absolute atomic E-state index is 0.128. The lowest BCUT2D eigenvalue weighted by Gasteiger charge is -2.34. The Morgan fingerprint density at radius 2 is 2.09 bits per heavy atom. The summed E-state index contributed by atoms with van der Waals surface area (Å²) in [6.45, 7) is 9.65. The first-order valence-corrected chi connectivity index (χ1v) is 8.17. The highest BCUT2D eigenvalue weighted by atomic mass is 16.2. The Labute approximate surface area is 139 Å². The molecule has 2 rings (SSSR count). The van der Waals surface area contributed by atoms with Crippen molar-refractivity contribution >= 4 is 11.6 Å². The van der Waals surface area contributed by atoms with Gasteiger partial charge in [-0.05, 0) is 52.2 Å². The largest absolute Gasteiger partial charge is 0.372 e. The van der Waals surface area contributed by atoms with Crippen molar-refractivity contribution in [3.63, 3.8) is 0 Å². The van der Waals surface area contributed by atoms with Gasteiger partial charge in [0, 0.05) is 30.5 Å². The molecule has 0 bridgehead atoms. The Morgan fingerprint density at radius 1 is 1.39 bits per heavy atom. The number of benzene rings is 1. The molecule has 0 fully saturated rings. The average molecular weight is 311 g/mol. The van der Waals surface area contributed by atoms with E-state index in [1.807, 2.05) is 30.0 Å². The molecule has 1 aliphatic rings. The molecule has 0 aliphatic carbocycles. The van der Waals surface area contributed by atoms with Gasteiger partial charge in [-0.2, -0.15) is 5.26 Å². The second-order valence-corrected chi connectivity index (χ2v) is 6.80. The molecule has 0 atom stereocenters. The van der Waals surface area contributed by atoms with E-state index in [9.17, 15) is 10.1 Å². The predicted molar refractivity (Wildman–Crippen MR) is 92.9 cm³/mol. The summed E-state index contributed by atoms with van der Waals surface area (Å²) in [6, 6.07) is 10.0. The topological polar surface area (TPSA) is 47.3 Å². The van der Waals surface area contributed by atoms with E-state index >= 15 is 0 Å². The summed E-state index contributed by atoms with van der Waals surface area (Å²) in [5, 5.41) is 9.49. The van der Waals surface area contributed by atoms with Crippen LogP contribution in [0.15, 0.2) is 36.0 Å². The van der Waals surface area contributed by atoms with Gasteiger partial charge in [-0.15, -0.1) is 0 Å². The number of rotatable bonds is 3. The Balaban J connectivity index is 2.34. The van der Waals surface area contributed by atoms with Crippen molar-refractivity contribution in [3.8, 4) is 6.07 Å². The molecule has 1 aromatic carbocycles. The van der Waals surface area contributed by atoms with Gasteiger partial charge in [0.05, 0.1) is 0 Å². The number of para-hydroxylation sites is 1. The van der Waals surface area contributed by atoms with Crippen molar-refractivity contribution in [2.24, 2.45) is 0 Å². The van der Waals surface area contributed by atoms with Crippen molar-refractivity contribution < 1.29 is 4.79 Å². The molecule has 0 saturated carbocycles. The maximum absolute atomic E-state index is 12.9. The van der Waals surface area contributed by atoms with Crippen LogP contribution in [-0.4, -0.2) is 29.4 Å². The van der Waals surface area contributed by atoms with Gasteiger partial charge in [0.2, 0.25) is 0 Å². The third-order valence-corrected chi connectivity index (χ3v) is 4.19. The molecule has 0 saturated heterocycles. The summed E-state index contributed by atoms with van der Waals surface area (Å²) >= 11 is 0. The number of hydrogen-bond donors (Lipinski definition) is 0. The number of nitrogens with zero attached hydrogens (tertiary/aromatic N) is 3. The molecule has 4 nitrogen and oxygen atoms in total. The summed E-state index contributed by atoms with van der Waals surface area (Å²) in [5.41, 5.74) is 2.17. The van der Waals surface area contributed by atoms with E-state index < -0.39 is 0 Å². The third kappa shape index (κ3) is 3.73. The quantitative estimate of drug-likeness (QED) is 0.634. The maximum atomic E-state index is 12.9. The Kier molecular flexibility index (Phi) is 5.10. The van der Waals surface area contributed by atoms with Crippen LogP contribution in [0, 0.1) is 11.3 Å². The molecule has 0 aromatic heterocycles. The van der Waals surface area contributed by atoms with Crippen LogP contribution in [-0.2, 0) is 11.2 Å². The van der Waals surface area contributed by atoms with Crippen LogP contribution >= 0.6 is 0 Å². The fraction of sp³-hybridized carbons (Fsp3) is 0.474. The van der Waals surface area contributed by atoms with Crippen LogP contribution in [0.2, 0.25) is 0 Å². The number of anilines is 1. The molecule has 1 aromatic rings. The van der Waals surface area contributed by atoms with Gasteiger partial charge < -0.3 is 9.80 Å². The summed E-state index contributed by atoms with van der Waals surface area (Å²) in [4.78, 5) is 16.6. The highest BCUT2D eigenvalue weighted by Crippen LogP contribution is 2.28. The van der Waals surface area contributed by atoms with E-state index in [1.165, 1.54) is 5.56 Å². The summed E-state index contributed by atoms with van der Waals surface area (Å²) in [6.07, 6.45) is 3.62. The number of nitriles is 1. The molecule has 4 heteroatoms. The minimum Gasteiger partial charge on any atom is -0.372 e. The molecule has 1 aliphatic heterocycles. The highest BCUT2D eigenvalue weighted by Gasteiger charge is 2.26. The van der Waals surface area contributed by atoms with E-state index in [1.54, 1.807) is 11.1 Å². The van der Waals surface area contributed by atoms with Crippen molar-refractivity contribution in [1.82, 2.24) is 4.90 Å². The zero-order valence-electron chi connectivity index (χ0n) is 14.5. The van der Waals surface area contributed by atoms with Crippen LogP contribution in [0.3, 0.4) is 0 Å². The first kappa shape index (κ1) is 17.1. The second kappa shape index (κ2) is 6.87. The van der Waals surface area contributed by atoms with E-state index in [2.05, 4.69) is 32.9 Å². The number of amides is 1. The molecule has 122 valence electrons. The Bertz CT molecular complexity index is 649. The smallest absolute Gasteiger partial charge is 0.270 e. The summed E-state index contributed by atoms with van der Waals surface area (Å²) in [7, 11) is 0. The molecule has 0 radical (unpaired) electrons. The van der Waals surface area contributed by atoms with E-state index in [-0.39, 0.29) is 17.0 Å². The zero-order valence-corrected chi connectivity index (χ0v) is 14.5. The Morgan fingerprint density at radius 3 is 2.70 bits per heavy atom. The lowest BCUT2D eigenvalue weighted by Crippen LogP contribution is -2.40. The van der Waals surface area contributed by atoms with Crippen LogP contribution in [0.5, 0.6) is 0 Å². The fourth-order valence-corrected chi connectivity index (χ4v) is 2.94. The second-order valence-electron chi connectivity index (χ2n) is 6.80. The lowest BCUT2D eigenvalue weighted by atomic mass is 10.0. The van der Waals surface area contributed by atoms with Gasteiger partial charge in [0.15, 0.2) is 0 Å². The van der Waals surface area contributed by atoms with E-state index in [4.69, 9.17) is 0 Å². The molecule has 0 N–H and O–H groups in total. The molecule has 1 amide bonds. The van der Waals surface area contributed by atoms with Crippen LogP contribution < -0.4 is 4.90 Å². The lowest BCUT2D eigenvalue weighted by molar-refractivity contribution is -0.114. The standard InChI is InChI=1S/C19H25N3O/c1-5-21(19(2,3)4)14-16(13-20)18(23)22-12-8-10-15-9-6-7-11-17(15)22/h6-7,9,11,14H,5,8,10,12H2,1-4H3/b16-14-. The molecule has 0 unspecified atom stereocenters. The molecule has 23 heavy (non-hydrogen) atoms. The Hall–Kier alpha value is -2.28. The number of hydrogen-bond acceptors (Lipinski definition) is 3. The van der Waals surface area contributed by atoms with Gasteiger partial charge in [0.1, 0.15) is 11.6 Å². The first-order valence-electron chi connectivity index (χ1n) is 8.17. The van der Waals surface area contributed by atoms with E-state index in [0.717, 1.165) is 25.1 Å². The van der Waals surface area contributed by atoms with Gasteiger partial charge in [0.25, 0.3) is 5.91 Å². The molecule has 0 spiro atoms. The maximum Gasteiger partial charge on any atom is 0.270 e.